The van der Waals surface area contributed by atoms with Crippen LogP contribution in [0.5, 0.6) is 0 Å². The van der Waals surface area contributed by atoms with E-state index in [9.17, 15) is 14.4 Å². The number of amides is 1. The van der Waals surface area contributed by atoms with E-state index in [2.05, 4.69) is 10.1 Å². The third-order valence-electron chi connectivity index (χ3n) is 3.79. The second-order valence-corrected chi connectivity index (χ2v) is 5.66. The number of carboxylic acids is 1. The number of carbonyl (C=O) groups is 3. The maximum absolute atomic E-state index is 12.3. The van der Waals surface area contributed by atoms with Crippen molar-refractivity contribution in [1.29, 1.82) is 0 Å². The molecule has 25 heavy (non-hydrogen) atoms. The number of halogens is 1. The van der Waals surface area contributed by atoms with Crippen molar-refractivity contribution >= 4 is 45.7 Å². The van der Waals surface area contributed by atoms with Crippen molar-refractivity contribution in [2.24, 2.45) is 0 Å². The molecule has 0 bridgehead atoms. The van der Waals surface area contributed by atoms with Gasteiger partial charge in [0.15, 0.2) is 0 Å². The molecule has 126 valence electrons. The van der Waals surface area contributed by atoms with Gasteiger partial charge >= 0.3 is 11.9 Å². The van der Waals surface area contributed by atoms with Crippen molar-refractivity contribution in [3.63, 3.8) is 0 Å². The Balaban J connectivity index is 2.08. The number of ether oxygens (including phenoxy) is 1. The fraction of sp³-hybridized carbons (Fsp3) is 0.0556. The van der Waals surface area contributed by atoms with E-state index in [1.165, 1.54) is 37.4 Å². The summed E-state index contributed by atoms with van der Waals surface area (Å²) < 4.78 is 4.63. The van der Waals surface area contributed by atoms with Gasteiger partial charge in [0, 0.05) is 11.3 Å². The number of benzene rings is 2. The topological polar surface area (TPSA) is 92.7 Å². The second-order valence-electron chi connectivity index (χ2n) is 5.28. The zero-order valence-corrected chi connectivity index (χ0v) is 13.8. The molecule has 0 saturated carbocycles. The van der Waals surface area contributed by atoms with E-state index >= 15 is 0 Å². The molecule has 3 rings (SSSR count). The van der Waals surface area contributed by atoms with Gasteiger partial charge in [-0.3, -0.25) is 4.79 Å². The second kappa shape index (κ2) is 6.41. The molecular formula is C18H12ClNO5. The Bertz CT molecular complexity index is 931. The Kier molecular flexibility index (Phi) is 4.29. The Hall–Kier alpha value is -3.12. The highest BCUT2D eigenvalue weighted by Crippen LogP contribution is 2.39. The van der Waals surface area contributed by atoms with Gasteiger partial charge in [0.05, 0.1) is 28.8 Å². The lowest BCUT2D eigenvalue weighted by atomic mass is 10.0. The summed E-state index contributed by atoms with van der Waals surface area (Å²) in [6, 6.07) is 10.6. The molecule has 2 aromatic carbocycles. The molecule has 0 radical (unpaired) electrons. The molecule has 0 aromatic heterocycles. The van der Waals surface area contributed by atoms with E-state index in [0.717, 1.165) is 0 Å². The maximum Gasteiger partial charge on any atom is 0.337 e. The van der Waals surface area contributed by atoms with E-state index in [1.54, 1.807) is 12.1 Å². The minimum atomic E-state index is -1.10. The van der Waals surface area contributed by atoms with Crippen LogP contribution in [0.15, 0.2) is 42.5 Å². The number of hydrogen-bond donors (Lipinski definition) is 2. The molecule has 0 aliphatic carbocycles. The maximum atomic E-state index is 12.3. The summed E-state index contributed by atoms with van der Waals surface area (Å²) >= 11 is 6.39. The summed E-state index contributed by atoms with van der Waals surface area (Å²) in [7, 11) is 1.28. The van der Waals surface area contributed by atoms with Crippen LogP contribution in [0.1, 0.15) is 31.8 Å². The van der Waals surface area contributed by atoms with Crippen molar-refractivity contribution in [2.45, 2.75) is 0 Å². The predicted octanol–water partition coefficient (Wildman–Crippen LogP) is 3.23. The first-order chi connectivity index (χ1) is 11.9. The normalized spacial score (nSPS) is 14.6. The Morgan fingerprint density at radius 2 is 1.64 bits per heavy atom. The highest BCUT2D eigenvalue weighted by Gasteiger charge is 2.28. The Morgan fingerprint density at radius 3 is 2.24 bits per heavy atom. The third-order valence-corrected chi connectivity index (χ3v) is 4.20. The van der Waals surface area contributed by atoms with Gasteiger partial charge in [0.1, 0.15) is 0 Å². The monoisotopic (exact) mass is 357 g/mol. The third kappa shape index (κ3) is 2.99. The van der Waals surface area contributed by atoms with Crippen molar-refractivity contribution in [3.05, 3.63) is 64.7 Å². The fourth-order valence-electron chi connectivity index (χ4n) is 2.53. The number of rotatable bonds is 3. The average Bonchev–Trinajstić information content (AvgIpc) is 2.95. The van der Waals surface area contributed by atoms with Gasteiger partial charge in [-0.2, -0.15) is 0 Å². The molecule has 1 aliphatic heterocycles. The molecule has 7 heteroatoms. The van der Waals surface area contributed by atoms with E-state index in [-0.39, 0.29) is 16.2 Å². The highest BCUT2D eigenvalue weighted by molar-refractivity contribution is 6.59. The number of hydrogen-bond acceptors (Lipinski definition) is 4. The number of nitrogens with one attached hydrogen (secondary N) is 1. The summed E-state index contributed by atoms with van der Waals surface area (Å²) in [4.78, 5) is 34.9. The van der Waals surface area contributed by atoms with Gasteiger partial charge in [-0.15, -0.1) is 0 Å². The van der Waals surface area contributed by atoms with Gasteiger partial charge in [-0.05, 0) is 35.9 Å². The molecule has 0 atom stereocenters. The van der Waals surface area contributed by atoms with Gasteiger partial charge < -0.3 is 15.2 Å². The van der Waals surface area contributed by atoms with Crippen LogP contribution < -0.4 is 5.32 Å². The lowest BCUT2D eigenvalue weighted by molar-refractivity contribution is -0.110. The Morgan fingerprint density at radius 1 is 1.04 bits per heavy atom. The summed E-state index contributed by atoms with van der Waals surface area (Å²) in [5.41, 5.74) is 2.03. The number of carbonyl (C=O) groups excluding carboxylic acids is 2. The molecule has 2 N–H and O–H groups in total. The molecule has 1 aliphatic rings. The van der Waals surface area contributed by atoms with Crippen LogP contribution in [-0.4, -0.2) is 30.1 Å². The van der Waals surface area contributed by atoms with Crippen LogP contribution in [0, 0.1) is 0 Å². The van der Waals surface area contributed by atoms with Crippen molar-refractivity contribution in [3.8, 4) is 0 Å². The minimum Gasteiger partial charge on any atom is -0.478 e. The van der Waals surface area contributed by atoms with Gasteiger partial charge in [0.25, 0.3) is 5.91 Å². The first kappa shape index (κ1) is 16.7. The molecular weight excluding hydrogens is 346 g/mol. The lowest BCUT2D eigenvalue weighted by Crippen LogP contribution is -2.05. The summed E-state index contributed by atoms with van der Waals surface area (Å²) in [6.07, 6.45) is 0. The molecule has 1 amide bonds. The van der Waals surface area contributed by atoms with Gasteiger partial charge in [0.2, 0.25) is 0 Å². The number of carboxylic acid groups (broad SMARTS) is 1. The predicted molar refractivity (Wildman–Crippen MR) is 92.5 cm³/mol. The summed E-state index contributed by atoms with van der Waals surface area (Å²) in [5.74, 6) is -2.00. The minimum absolute atomic E-state index is 0.0539. The first-order valence-electron chi connectivity index (χ1n) is 7.20. The van der Waals surface area contributed by atoms with Crippen LogP contribution in [0.2, 0.25) is 0 Å². The highest BCUT2D eigenvalue weighted by atomic mass is 35.5. The number of anilines is 1. The van der Waals surface area contributed by atoms with Crippen LogP contribution >= 0.6 is 11.6 Å². The molecule has 6 nitrogen and oxygen atoms in total. The largest absolute Gasteiger partial charge is 0.478 e. The van der Waals surface area contributed by atoms with E-state index in [0.29, 0.717) is 22.4 Å². The van der Waals surface area contributed by atoms with Crippen LogP contribution in [0.3, 0.4) is 0 Å². The summed E-state index contributed by atoms with van der Waals surface area (Å²) in [5, 5.41) is 11.9. The van der Waals surface area contributed by atoms with Crippen LogP contribution in [-0.2, 0) is 9.53 Å². The van der Waals surface area contributed by atoms with E-state index in [4.69, 9.17) is 16.7 Å². The lowest BCUT2D eigenvalue weighted by Gasteiger charge is -2.06. The van der Waals surface area contributed by atoms with E-state index < -0.39 is 17.8 Å². The van der Waals surface area contributed by atoms with Crippen LogP contribution in [0.4, 0.5) is 5.69 Å². The number of methoxy groups -OCH3 is 1. The van der Waals surface area contributed by atoms with Gasteiger partial charge in [-0.1, -0.05) is 23.7 Å². The van der Waals surface area contributed by atoms with E-state index in [1.807, 2.05) is 0 Å². The SMILES string of the molecule is COC(=O)c1ccc(C(Cl)=C2C(=O)Nc3ccc(C(=O)O)cc32)cc1. The number of esters is 1. The smallest absolute Gasteiger partial charge is 0.337 e. The standard InChI is InChI=1S/C18H12ClNO5/c1-25-18(24)10-4-2-9(3-5-10)15(19)14-12-8-11(17(22)23)6-7-13(12)20-16(14)21/h2-8H,1H3,(H,20,21)(H,22,23). The number of fused-ring (bicyclic) bond motifs is 1. The fourth-order valence-corrected chi connectivity index (χ4v) is 2.85. The molecule has 0 spiro atoms. The Labute approximate surface area is 147 Å². The van der Waals surface area contributed by atoms with Crippen LogP contribution in [0.25, 0.3) is 10.6 Å². The van der Waals surface area contributed by atoms with Crippen molar-refractivity contribution < 1.29 is 24.2 Å². The number of aromatic carboxylic acids is 1. The molecule has 1 heterocycles. The molecule has 2 aromatic rings. The molecule has 0 saturated heterocycles. The van der Waals surface area contributed by atoms with Crippen molar-refractivity contribution in [2.75, 3.05) is 12.4 Å². The summed E-state index contributed by atoms with van der Waals surface area (Å²) in [6.45, 7) is 0. The zero-order chi connectivity index (χ0) is 18.1. The van der Waals surface area contributed by atoms with Crippen molar-refractivity contribution in [1.82, 2.24) is 0 Å². The average molecular weight is 358 g/mol. The molecule has 0 fully saturated rings. The quantitative estimate of drug-likeness (QED) is 0.650. The first-order valence-corrected chi connectivity index (χ1v) is 7.57. The zero-order valence-electron chi connectivity index (χ0n) is 13.0. The molecule has 0 unspecified atom stereocenters. The van der Waals surface area contributed by atoms with Gasteiger partial charge in [-0.25, -0.2) is 9.59 Å².